The van der Waals surface area contributed by atoms with Gasteiger partial charge in [-0.1, -0.05) is 32.4 Å². The standard InChI is InChI=1S/C20H29ClN2O2Si/c1-13-17(25-26(7,8)19(2,3)4)20(5,6)18(24)23(13)15-10-9-14(12-22)16(21)11-15/h9-11,13,17H,1-8H3/t13-,17+/m1/s1. The number of amides is 1. The smallest absolute Gasteiger partial charge is 0.235 e. The summed E-state index contributed by atoms with van der Waals surface area (Å²) in [5.74, 6) is 0.0227. The Balaban J connectivity index is 2.43. The Morgan fingerprint density at radius 3 is 2.35 bits per heavy atom. The van der Waals surface area contributed by atoms with E-state index in [2.05, 4.69) is 39.9 Å². The molecule has 2 rings (SSSR count). The average molecular weight is 393 g/mol. The zero-order valence-electron chi connectivity index (χ0n) is 17.0. The number of hydrogen-bond donors (Lipinski definition) is 0. The van der Waals surface area contributed by atoms with E-state index >= 15 is 0 Å². The number of rotatable bonds is 3. The van der Waals surface area contributed by atoms with Gasteiger partial charge in [-0.25, -0.2) is 0 Å². The lowest BCUT2D eigenvalue weighted by molar-refractivity contribution is -0.126. The van der Waals surface area contributed by atoms with Crippen molar-refractivity contribution in [3.63, 3.8) is 0 Å². The summed E-state index contributed by atoms with van der Waals surface area (Å²) in [6, 6.07) is 7.07. The van der Waals surface area contributed by atoms with Gasteiger partial charge < -0.3 is 9.33 Å². The summed E-state index contributed by atoms with van der Waals surface area (Å²) in [5.41, 5.74) is 0.485. The van der Waals surface area contributed by atoms with Gasteiger partial charge in [0.2, 0.25) is 5.91 Å². The minimum absolute atomic E-state index is 0.0227. The van der Waals surface area contributed by atoms with Crippen molar-refractivity contribution >= 4 is 31.5 Å². The lowest BCUT2D eigenvalue weighted by atomic mass is 9.87. The van der Waals surface area contributed by atoms with Gasteiger partial charge in [-0.05, 0) is 57.1 Å². The van der Waals surface area contributed by atoms with Crippen LogP contribution in [0, 0.1) is 16.7 Å². The van der Waals surface area contributed by atoms with Crippen LogP contribution in [0.1, 0.15) is 47.1 Å². The molecule has 26 heavy (non-hydrogen) atoms. The largest absolute Gasteiger partial charge is 0.411 e. The van der Waals surface area contributed by atoms with Gasteiger partial charge in [-0.3, -0.25) is 4.79 Å². The van der Waals surface area contributed by atoms with Crippen LogP contribution in [0.25, 0.3) is 0 Å². The fourth-order valence-corrected chi connectivity index (χ4v) is 4.89. The number of carbonyl (C=O) groups is 1. The van der Waals surface area contributed by atoms with Gasteiger partial charge >= 0.3 is 0 Å². The molecule has 1 aliphatic heterocycles. The van der Waals surface area contributed by atoms with Crippen molar-refractivity contribution in [3.8, 4) is 6.07 Å². The van der Waals surface area contributed by atoms with Crippen LogP contribution in [0.5, 0.6) is 0 Å². The minimum Gasteiger partial charge on any atom is -0.411 e. The van der Waals surface area contributed by atoms with E-state index in [-0.39, 0.29) is 23.1 Å². The van der Waals surface area contributed by atoms with Gasteiger partial charge in [0.25, 0.3) is 0 Å². The molecule has 2 atom stereocenters. The Labute approximate surface area is 163 Å². The molecule has 0 bridgehead atoms. The zero-order valence-corrected chi connectivity index (χ0v) is 18.7. The van der Waals surface area contributed by atoms with Crippen LogP contribution >= 0.6 is 11.6 Å². The first-order valence-corrected chi connectivity index (χ1v) is 12.2. The van der Waals surface area contributed by atoms with E-state index in [0.29, 0.717) is 16.3 Å². The molecular formula is C20H29ClN2O2Si. The van der Waals surface area contributed by atoms with Crippen LogP contribution in [0.15, 0.2) is 18.2 Å². The van der Waals surface area contributed by atoms with Gasteiger partial charge in [0.1, 0.15) is 6.07 Å². The van der Waals surface area contributed by atoms with Crippen LogP contribution in [-0.4, -0.2) is 26.4 Å². The predicted molar refractivity (Wildman–Crippen MR) is 109 cm³/mol. The molecule has 1 aliphatic rings. The third-order valence-corrected chi connectivity index (χ3v) is 10.7. The molecule has 0 aliphatic carbocycles. The Bertz CT molecular complexity index is 762. The van der Waals surface area contributed by atoms with Crippen LogP contribution in [0.2, 0.25) is 23.2 Å². The minimum atomic E-state index is -2.03. The molecule has 1 amide bonds. The molecule has 142 valence electrons. The molecule has 0 aromatic heterocycles. The number of hydrogen-bond acceptors (Lipinski definition) is 3. The van der Waals surface area contributed by atoms with Gasteiger partial charge in [-0.15, -0.1) is 0 Å². The van der Waals surface area contributed by atoms with E-state index in [0.717, 1.165) is 0 Å². The fourth-order valence-electron chi connectivity index (χ4n) is 3.19. The Hall–Kier alpha value is -1.35. The number of anilines is 1. The van der Waals surface area contributed by atoms with Gasteiger partial charge in [0, 0.05) is 5.69 Å². The third kappa shape index (κ3) is 3.43. The quantitative estimate of drug-likeness (QED) is 0.650. The molecule has 1 saturated heterocycles. The maximum absolute atomic E-state index is 13.2. The zero-order chi connectivity index (χ0) is 20.1. The van der Waals surface area contributed by atoms with Crippen LogP contribution in [0.3, 0.4) is 0 Å². The fraction of sp³-hybridized carbons (Fsp3) is 0.600. The first-order chi connectivity index (χ1) is 11.7. The molecule has 0 spiro atoms. The number of carbonyl (C=O) groups excluding carboxylic acids is 1. The van der Waals surface area contributed by atoms with Crippen molar-refractivity contribution < 1.29 is 9.22 Å². The average Bonchev–Trinajstić information content (AvgIpc) is 2.66. The number of benzene rings is 1. The van der Waals surface area contributed by atoms with E-state index in [4.69, 9.17) is 21.3 Å². The summed E-state index contributed by atoms with van der Waals surface area (Å²) in [6.07, 6.45) is -0.203. The maximum Gasteiger partial charge on any atom is 0.235 e. The van der Waals surface area contributed by atoms with Crippen molar-refractivity contribution in [3.05, 3.63) is 28.8 Å². The molecule has 6 heteroatoms. The monoisotopic (exact) mass is 392 g/mol. The van der Waals surface area contributed by atoms with Crippen molar-refractivity contribution in [1.82, 2.24) is 0 Å². The number of nitriles is 1. The van der Waals surface area contributed by atoms with Gasteiger partial charge in [0.05, 0.1) is 28.1 Å². The Morgan fingerprint density at radius 1 is 1.31 bits per heavy atom. The SMILES string of the molecule is C[C@@H]1[C@H](O[Si](C)(C)C(C)(C)C)C(C)(C)C(=O)N1c1ccc(C#N)c(Cl)c1. The molecule has 0 radical (unpaired) electrons. The van der Waals surface area contributed by atoms with Crippen molar-refractivity contribution in [2.24, 2.45) is 5.41 Å². The summed E-state index contributed by atoms with van der Waals surface area (Å²) in [4.78, 5) is 15.0. The first-order valence-electron chi connectivity index (χ1n) is 8.95. The highest BCUT2D eigenvalue weighted by atomic mass is 35.5. The first kappa shape index (κ1) is 21.0. The van der Waals surface area contributed by atoms with Crippen molar-refractivity contribution in [2.75, 3.05) is 4.90 Å². The molecule has 1 fully saturated rings. The summed E-state index contributed by atoms with van der Waals surface area (Å²) in [5, 5.41) is 9.50. The van der Waals surface area contributed by atoms with Crippen LogP contribution < -0.4 is 4.90 Å². The molecule has 4 nitrogen and oxygen atoms in total. The molecule has 0 saturated carbocycles. The molecule has 0 unspecified atom stereocenters. The highest BCUT2D eigenvalue weighted by molar-refractivity contribution is 6.74. The van der Waals surface area contributed by atoms with E-state index in [9.17, 15) is 4.79 Å². The third-order valence-electron chi connectivity index (χ3n) is 5.91. The second-order valence-electron chi connectivity index (χ2n) is 9.21. The Morgan fingerprint density at radius 2 is 1.88 bits per heavy atom. The molecule has 0 N–H and O–H groups in total. The van der Waals surface area contributed by atoms with Crippen LogP contribution in [-0.2, 0) is 9.22 Å². The normalized spacial score (nSPS) is 23.2. The maximum atomic E-state index is 13.2. The summed E-state index contributed by atoms with van der Waals surface area (Å²) >= 11 is 6.19. The molecular weight excluding hydrogens is 364 g/mol. The summed E-state index contributed by atoms with van der Waals surface area (Å²) in [7, 11) is -2.03. The highest BCUT2D eigenvalue weighted by Crippen LogP contribution is 2.46. The van der Waals surface area contributed by atoms with E-state index < -0.39 is 13.7 Å². The van der Waals surface area contributed by atoms with Crippen LogP contribution in [0.4, 0.5) is 5.69 Å². The second-order valence-corrected chi connectivity index (χ2v) is 14.4. The van der Waals surface area contributed by atoms with Gasteiger partial charge in [0.15, 0.2) is 8.32 Å². The van der Waals surface area contributed by atoms with E-state index in [1.165, 1.54) is 0 Å². The Kier molecular flexibility index (Phi) is 5.37. The summed E-state index contributed by atoms with van der Waals surface area (Å²) in [6.45, 7) is 17.0. The highest BCUT2D eigenvalue weighted by Gasteiger charge is 2.55. The molecule has 1 heterocycles. The molecule has 1 aromatic carbocycles. The molecule has 1 aromatic rings. The van der Waals surface area contributed by atoms with Crippen molar-refractivity contribution in [2.45, 2.75) is 71.8 Å². The predicted octanol–water partition coefficient (Wildman–Crippen LogP) is 5.36. The topological polar surface area (TPSA) is 53.3 Å². The summed E-state index contributed by atoms with van der Waals surface area (Å²) < 4.78 is 6.68. The lowest BCUT2D eigenvalue weighted by Crippen LogP contribution is -2.49. The van der Waals surface area contributed by atoms with Crippen molar-refractivity contribution in [1.29, 1.82) is 5.26 Å². The van der Waals surface area contributed by atoms with Gasteiger partial charge in [-0.2, -0.15) is 5.26 Å². The number of nitrogens with zero attached hydrogens (tertiary/aromatic N) is 2. The lowest BCUT2D eigenvalue weighted by Gasteiger charge is -2.42. The van der Waals surface area contributed by atoms with E-state index in [1.807, 2.05) is 20.8 Å². The van der Waals surface area contributed by atoms with E-state index in [1.54, 1.807) is 23.1 Å². The second kappa shape index (κ2) is 6.67. The number of halogens is 1.